The van der Waals surface area contributed by atoms with Crippen molar-refractivity contribution in [1.29, 1.82) is 0 Å². The van der Waals surface area contributed by atoms with Crippen molar-refractivity contribution in [2.75, 3.05) is 11.9 Å². The molecule has 2 aromatic rings. The molecule has 0 atom stereocenters. The maximum atomic E-state index is 14.3. The summed E-state index contributed by atoms with van der Waals surface area (Å²) in [6, 6.07) is 3.85. The lowest BCUT2D eigenvalue weighted by Gasteiger charge is -2.29. The number of carbonyl (C=O) groups excluding carboxylic acids is 1. The molecule has 0 spiro atoms. The highest BCUT2D eigenvalue weighted by molar-refractivity contribution is 6.34. The molecule has 1 aliphatic carbocycles. The van der Waals surface area contributed by atoms with Crippen LogP contribution >= 0.6 is 11.6 Å². The third-order valence-corrected chi connectivity index (χ3v) is 5.92. The van der Waals surface area contributed by atoms with E-state index < -0.39 is 39.5 Å². The number of halogens is 4. The van der Waals surface area contributed by atoms with Crippen molar-refractivity contribution in [3.05, 3.63) is 57.0 Å². The third kappa shape index (κ3) is 4.89. The zero-order valence-corrected chi connectivity index (χ0v) is 18.0. The molecule has 1 aliphatic rings. The van der Waals surface area contributed by atoms with Gasteiger partial charge in [0.2, 0.25) is 0 Å². The van der Waals surface area contributed by atoms with Gasteiger partial charge in [0.15, 0.2) is 11.6 Å². The zero-order valence-electron chi connectivity index (χ0n) is 17.2. The fourth-order valence-electron chi connectivity index (χ4n) is 3.90. The minimum Gasteiger partial charge on any atom is -0.370 e. The molecule has 4 nitrogen and oxygen atoms in total. The van der Waals surface area contributed by atoms with Crippen LogP contribution in [-0.2, 0) is 0 Å². The number of pyridine rings is 1. The van der Waals surface area contributed by atoms with E-state index in [0.717, 1.165) is 43.4 Å². The average molecular weight is 440 g/mol. The highest BCUT2D eigenvalue weighted by Crippen LogP contribution is 2.30. The lowest BCUT2D eigenvalue weighted by molar-refractivity contribution is 0.0918. The Morgan fingerprint density at radius 3 is 2.37 bits per heavy atom. The van der Waals surface area contributed by atoms with Gasteiger partial charge in [0.1, 0.15) is 11.6 Å². The number of hydrogen-bond acceptors (Lipinski definition) is 3. The van der Waals surface area contributed by atoms with Gasteiger partial charge in [-0.15, -0.1) is 0 Å². The molecule has 1 saturated carbocycles. The average Bonchev–Trinajstić information content (AvgIpc) is 2.70. The molecule has 3 rings (SSSR count). The van der Waals surface area contributed by atoms with Crippen LogP contribution < -0.4 is 10.6 Å². The zero-order chi connectivity index (χ0) is 22.0. The van der Waals surface area contributed by atoms with E-state index in [1.54, 1.807) is 0 Å². The third-order valence-electron chi connectivity index (χ3n) is 5.56. The summed E-state index contributed by atoms with van der Waals surface area (Å²) in [5, 5.41) is 5.26. The molecule has 0 saturated heterocycles. The van der Waals surface area contributed by atoms with Gasteiger partial charge in [0.05, 0.1) is 10.6 Å². The summed E-state index contributed by atoms with van der Waals surface area (Å²) in [6.45, 7) is 5.83. The predicted octanol–water partition coefficient (Wildman–Crippen LogP) is 5.48. The number of rotatable bonds is 5. The van der Waals surface area contributed by atoms with Gasteiger partial charge in [-0.25, -0.2) is 18.2 Å². The first-order valence-corrected chi connectivity index (χ1v) is 10.4. The van der Waals surface area contributed by atoms with Crippen LogP contribution in [0.3, 0.4) is 0 Å². The van der Waals surface area contributed by atoms with Crippen LogP contribution in [0.2, 0.25) is 5.02 Å². The van der Waals surface area contributed by atoms with Crippen molar-refractivity contribution >= 4 is 23.3 Å². The molecule has 0 radical (unpaired) electrons. The Hall–Kier alpha value is -2.28. The first-order chi connectivity index (χ1) is 14.2. The van der Waals surface area contributed by atoms with E-state index >= 15 is 0 Å². The van der Waals surface area contributed by atoms with Gasteiger partial charge < -0.3 is 10.6 Å². The molecule has 0 bridgehead atoms. The van der Waals surface area contributed by atoms with Crippen molar-refractivity contribution in [2.24, 2.45) is 5.92 Å². The van der Waals surface area contributed by atoms with E-state index in [0.29, 0.717) is 18.8 Å². The largest absolute Gasteiger partial charge is 0.370 e. The SMILES string of the molecule is Cc1cc(C)nc(NCC2CCC(NC(=O)c3c(F)c(C)c(F)c(F)c3Cl)CC2)c1. The molecule has 1 heterocycles. The Morgan fingerprint density at radius 2 is 1.73 bits per heavy atom. The van der Waals surface area contributed by atoms with Crippen LogP contribution in [0.25, 0.3) is 0 Å². The molecule has 162 valence electrons. The number of amides is 1. The highest BCUT2D eigenvalue weighted by Gasteiger charge is 2.29. The summed E-state index contributed by atoms with van der Waals surface area (Å²) >= 11 is 5.70. The Bertz CT molecular complexity index is 910. The Morgan fingerprint density at radius 1 is 1.07 bits per heavy atom. The number of benzene rings is 1. The molecule has 0 aliphatic heterocycles. The molecule has 1 amide bonds. The maximum Gasteiger partial charge on any atom is 0.256 e. The highest BCUT2D eigenvalue weighted by atomic mass is 35.5. The van der Waals surface area contributed by atoms with Crippen molar-refractivity contribution < 1.29 is 18.0 Å². The Balaban J connectivity index is 1.55. The monoisotopic (exact) mass is 439 g/mol. The minimum absolute atomic E-state index is 0.169. The first kappa shape index (κ1) is 22.4. The van der Waals surface area contributed by atoms with Gasteiger partial charge in [-0.05, 0) is 70.1 Å². The number of carbonyl (C=O) groups is 1. The van der Waals surface area contributed by atoms with E-state index in [4.69, 9.17) is 11.6 Å². The van der Waals surface area contributed by atoms with Crippen molar-refractivity contribution in [3.63, 3.8) is 0 Å². The summed E-state index contributed by atoms with van der Waals surface area (Å²) in [5.41, 5.74) is 0.909. The second-order valence-corrected chi connectivity index (χ2v) is 8.38. The van der Waals surface area contributed by atoms with E-state index in [9.17, 15) is 18.0 Å². The lowest BCUT2D eigenvalue weighted by atomic mass is 9.86. The van der Waals surface area contributed by atoms with Gasteiger partial charge in [0.25, 0.3) is 5.91 Å². The number of aromatic nitrogens is 1. The number of nitrogens with one attached hydrogen (secondary N) is 2. The number of aryl methyl sites for hydroxylation is 2. The number of hydrogen-bond donors (Lipinski definition) is 2. The van der Waals surface area contributed by atoms with Crippen LogP contribution in [-0.4, -0.2) is 23.5 Å². The second kappa shape index (κ2) is 9.25. The van der Waals surface area contributed by atoms with Gasteiger partial charge in [0, 0.05) is 23.8 Å². The van der Waals surface area contributed by atoms with Crippen LogP contribution in [0.15, 0.2) is 12.1 Å². The topological polar surface area (TPSA) is 54.0 Å². The van der Waals surface area contributed by atoms with Crippen LogP contribution in [0.4, 0.5) is 19.0 Å². The summed E-state index contributed by atoms with van der Waals surface area (Å²) in [4.78, 5) is 17.0. The van der Waals surface area contributed by atoms with Crippen molar-refractivity contribution in [2.45, 2.75) is 52.5 Å². The standard InChI is InChI=1S/C22H25ClF3N3O/c1-11-8-12(2)28-16(9-11)27-10-14-4-6-15(7-5-14)29-22(30)17-18(23)21(26)20(25)13(3)19(17)24/h8-9,14-15H,4-7,10H2,1-3H3,(H,27,28)(H,29,30). The number of nitrogens with zero attached hydrogens (tertiary/aromatic N) is 1. The van der Waals surface area contributed by atoms with Crippen LogP contribution in [0.5, 0.6) is 0 Å². The molecule has 2 N–H and O–H groups in total. The predicted molar refractivity (Wildman–Crippen MR) is 111 cm³/mol. The van der Waals surface area contributed by atoms with Crippen LogP contribution in [0, 0.1) is 44.1 Å². The fraction of sp³-hybridized carbons (Fsp3) is 0.455. The van der Waals surface area contributed by atoms with E-state index in [-0.39, 0.29) is 6.04 Å². The molecule has 1 fully saturated rings. The van der Waals surface area contributed by atoms with Gasteiger partial charge >= 0.3 is 0 Å². The van der Waals surface area contributed by atoms with Crippen LogP contribution in [0.1, 0.15) is 52.9 Å². The summed E-state index contributed by atoms with van der Waals surface area (Å²) in [5.74, 6) is -3.46. The number of anilines is 1. The summed E-state index contributed by atoms with van der Waals surface area (Å²) in [6.07, 6.45) is 3.16. The normalized spacial score (nSPS) is 18.9. The summed E-state index contributed by atoms with van der Waals surface area (Å²) in [7, 11) is 0. The molecule has 8 heteroatoms. The first-order valence-electron chi connectivity index (χ1n) is 10.00. The Labute approximate surface area is 179 Å². The Kier molecular flexibility index (Phi) is 6.91. The maximum absolute atomic E-state index is 14.3. The molecule has 1 aromatic carbocycles. The molecular formula is C22H25ClF3N3O. The molecule has 1 aromatic heterocycles. The molecular weight excluding hydrogens is 415 g/mol. The quantitative estimate of drug-likeness (QED) is 0.479. The fourth-order valence-corrected chi connectivity index (χ4v) is 4.15. The lowest BCUT2D eigenvalue weighted by Crippen LogP contribution is -2.39. The second-order valence-electron chi connectivity index (χ2n) is 8.00. The van der Waals surface area contributed by atoms with Gasteiger partial charge in [-0.2, -0.15) is 0 Å². The van der Waals surface area contributed by atoms with Crippen molar-refractivity contribution in [3.8, 4) is 0 Å². The minimum atomic E-state index is -1.41. The van der Waals surface area contributed by atoms with Gasteiger partial charge in [-0.3, -0.25) is 4.79 Å². The van der Waals surface area contributed by atoms with Crippen molar-refractivity contribution in [1.82, 2.24) is 10.3 Å². The molecule has 0 unspecified atom stereocenters. The van der Waals surface area contributed by atoms with E-state index in [1.807, 2.05) is 26.0 Å². The van der Waals surface area contributed by atoms with Gasteiger partial charge in [-0.1, -0.05) is 11.6 Å². The summed E-state index contributed by atoms with van der Waals surface area (Å²) < 4.78 is 41.7. The molecule has 30 heavy (non-hydrogen) atoms. The van der Waals surface area contributed by atoms with E-state index in [2.05, 4.69) is 15.6 Å². The van der Waals surface area contributed by atoms with E-state index in [1.165, 1.54) is 0 Å². The smallest absolute Gasteiger partial charge is 0.256 e.